The van der Waals surface area contributed by atoms with E-state index in [-0.39, 0.29) is 71.7 Å². The molecule has 0 radical (unpaired) electrons. The summed E-state index contributed by atoms with van der Waals surface area (Å²) in [5.74, 6) is -1.49. The molecule has 80 heavy (non-hydrogen) atoms. The molecule has 0 aromatic heterocycles. The van der Waals surface area contributed by atoms with Crippen molar-refractivity contribution in [1.29, 1.82) is 0 Å². The van der Waals surface area contributed by atoms with Gasteiger partial charge in [-0.05, 0) is 120 Å². The molecule has 2 aliphatic heterocycles. The Labute approximate surface area is 470 Å². The molecule has 1 unspecified atom stereocenters. The van der Waals surface area contributed by atoms with Crippen LogP contribution in [0.1, 0.15) is 64.8 Å². The molecule has 2 fully saturated rings. The van der Waals surface area contributed by atoms with Crippen LogP contribution in [-0.4, -0.2) is 84.4 Å². The lowest BCUT2D eigenvalue weighted by Gasteiger charge is -2.32. The zero-order valence-corrected chi connectivity index (χ0v) is 45.2. The van der Waals surface area contributed by atoms with Crippen LogP contribution in [0.5, 0.6) is 0 Å². The molecule has 2 saturated heterocycles. The molecule has 0 spiro atoms. The van der Waals surface area contributed by atoms with Crippen molar-refractivity contribution in [2.75, 3.05) is 68.5 Å². The summed E-state index contributed by atoms with van der Waals surface area (Å²) < 4.78 is 187. The van der Waals surface area contributed by atoms with Gasteiger partial charge in [0.05, 0.1) is 48.6 Å². The van der Waals surface area contributed by atoms with Crippen LogP contribution >= 0.6 is 48.0 Å². The molecular formula is C54H48F12N6O4S4. The van der Waals surface area contributed by atoms with Gasteiger partial charge in [-0.25, -0.2) is 0 Å². The fraction of sp³-hybridized carbons (Fsp3) is 0.296. The van der Waals surface area contributed by atoms with Gasteiger partial charge in [-0.2, -0.15) is 52.7 Å². The van der Waals surface area contributed by atoms with Crippen molar-refractivity contribution in [2.45, 2.75) is 70.2 Å². The van der Waals surface area contributed by atoms with Crippen LogP contribution in [0, 0.1) is 0 Å². The molecule has 5 aromatic rings. The van der Waals surface area contributed by atoms with Gasteiger partial charge in [-0.1, -0.05) is 73.3 Å². The van der Waals surface area contributed by atoms with E-state index in [4.69, 9.17) is 33.9 Å². The summed E-state index contributed by atoms with van der Waals surface area (Å²) in [5.41, 5.74) is -7.96. The number of thiocarbonyl (C=S) groups is 2. The SMILES string of the molecule is CCCCNC(=S)Nc1cccc(Sc2ccc(/C=C/C(=O)N3CCOC(c4cccc(NC(=S)Nc5cccc(Sc6ccc(/C=C/C(=O)N7CCOCC7)c(C(F)(F)F)c6C(F)(F)F)c5)c4)C3)c(C(F)(F)F)c2C(F)(F)F)c1. The summed E-state index contributed by atoms with van der Waals surface area (Å²) >= 11 is 11.7. The Balaban J connectivity index is 1.01. The van der Waals surface area contributed by atoms with Crippen molar-refractivity contribution in [3.8, 4) is 0 Å². The zero-order valence-electron chi connectivity index (χ0n) is 41.9. The van der Waals surface area contributed by atoms with Gasteiger partial charge >= 0.3 is 24.7 Å². The number of morpholine rings is 2. The van der Waals surface area contributed by atoms with E-state index < -0.39 is 85.8 Å². The van der Waals surface area contributed by atoms with Gasteiger partial charge in [-0.15, -0.1) is 0 Å². The number of carbonyl (C=O) groups is 2. The zero-order chi connectivity index (χ0) is 58.0. The molecular weight excluding hydrogens is 1150 g/mol. The van der Waals surface area contributed by atoms with E-state index >= 15 is 0 Å². The molecule has 10 nitrogen and oxygen atoms in total. The first-order chi connectivity index (χ1) is 37.8. The van der Waals surface area contributed by atoms with E-state index in [9.17, 15) is 62.3 Å². The highest BCUT2D eigenvalue weighted by atomic mass is 32.2. The molecule has 0 bridgehead atoms. The van der Waals surface area contributed by atoms with Crippen molar-refractivity contribution in [3.05, 3.63) is 148 Å². The predicted molar refractivity (Wildman–Crippen MR) is 290 cm³/mol. The largest absolute Gasteiger partial charge is 0.418 e. The van der Waals surface area contributed by atoms with E-state index in [2.05, 4.69) is 21.3 Å². The van der Waals surface area contributed by atoms with Crippen LogP contribution in [0.25, 0.3) is 12.2 Å². The lowest BCUT2D eigenvalue weighted by atomic mass is 9.99. The average Bonchev–Trinajstić information content (AvgIpc) is 3.43. The van der Waals surface area contributed by atoms with Crippen LogP contribution in [0.15, 0.2) is 129 Å². The van der Waals surface area contributed by atoms with E-state index in [0.717, 1.165) is 49.3 Å². The third kappa shape index (κ3) is 16.6. The number of amides is 2. The highest BCUT2D eigenvalue weighted by Crippen LogP contribution is 2.50. The second-order valence-electron chi connectivity index (χ2n) is 17.7. The van der Waals surface area contributed by atoms with Gasteiger partial charge in [-0.3, -0.25) is 9.59 Å². The summed E-state index contributed by atoms with van der Waals surface area (Å²) in [4.78, 5) is 27.5. The first-order valence-corrected chi connectivity index (χ1v) is 26.8. The number of unbranched alkanes of at least 4 members (excludes halogenated alkanes) is 1. The predicted octanol–water partition coefficient (Wildman–Crippen LogP) is 14.4. The number of alkyl halides is 12. The minimum atomic E-state index is -5.49. The molecule has 2 amide bonds. The van der Waals surface area contributed by atoms with Gasteiger partial charge in [0.1, 0.15) is 6.10 Å². The quantitative estimate of drug-likeness (QED) is 0.0347. The lowest BCUT2D eigenvalue weighted by molar-refractivity contribution is -0.163. The highest BCUT2D eigenvalue weighted by molar-refractivity contribution is 7.99. The fourth-order valence-electron chi connectivity index (χ4n) is 8.38. The van der Waals surface area contributed by atoms with Crippen molar-refractivity contribution in [1.82, 2.24) is 15.1 Å². The smallest absolute Gasteiger partial charge is 0.378 e. The fourth-order valence-corrected chi connectivity index (χ4v) is 10.9. The standard InChI is InChI=1S/C54H48F12N6O4S4/c1-2-3-21-67-49(77)68-36-9-5-11-38(29-36)79-41-18-14-33(46(52(58,59)60)48(41)54(64,65)66)16-20-44(74)72-24-27-76-40(31-72)34-7-4-8-35(28-34)69-50(78)70-37-10-6-12-39(30-37)80-42-17-13-32(15-19-43(73)71-22-25-75-26-23-71)45(51(55,56)57)47(42)53(61,62)63/h4-20,28-30,40H,2-3,21-27,31H2,1H3,(H2,67,68,77)(H2,69,70,78)/b19-15+,20-16+. The van der Waals surface area contributed by atoms with Crippen LogP contribution in [0.3, 0.4) is 0 Å². The van der Waals surface area contributed by atoms with Crippen LogP contribution in [0.4, 0.5) is 69.7 Å². The maximum absolute atomic E-state index is 14.7. The number of halogens is 12. The Bertz CT molecular complexity index is 3130. The van der Waals surface area contributed by atoms with Gasteiger partial charge in [0.2, 0.25) is 11.8 Å². The van der Waals surface area contributed by atoms with Crippen molar-refractivity contribution in [3.63, 3.8) is 0 Å². The Hall–Kier alpha value is -6.32. The number of nitrogens with one attached hydrogen (secondary N) is 4. The summed E-state index contributed by atoms with van der Waals surface area (Å²) in [6.45, 7) is 3.17. The first-order valence-electron chi connectivity index (χ1n) is 24.3. The maximum Gasteiger partial charge on any atom is 0.418 e. The molecule has 0 aliphatic carbocycles. The number of rotatable bonds is 15. The molecule has 1 atom stereocenters. The number of nitrogens with zero attached hydrogens (tertiary/aromatic N) is 2. The summed E-state index contributed by atoms with van der Waals surface area (Å²) in [6.07, 6.45) is -18.0. The van der Waals surface area contributed by atoms with E-state index in [0.29, 0.717) is 59.2 Å². The van der Waals surface area contributed by atoms with Crippen molar-refractivity contribution in [2.24, 2.45) is 0 Å². The van der Waals surface area contributed by atoms with Crippen LogP contribution in [0.2, 0.25) is 0 Å². The molecule has 26 heteroatoms. The molecule has 4 N–H and O–H groups in total. The molecule has 2 aliphatic rings. The monoisotopic (exact) mass is 1200 g/mol. The molecule has 2 heterocycles. The van der Waals surface area contributed by atoms with Crippen LogP contribution < -0.4 is 21.3 Å². The Morgan fingerprint density at radius 1 is 0.588 bits per heavy atom. The maximum atomic E-state index is 14.7. The molecule has 5 aromatic carbocycles. The second kappa shape index (κ2) is 26.5. The first kappa shape index (κ1) is 61.3. The van der Waals surface area contributed by atoms with Gasteiger partial charge in [0.15, 0.2) is 10.2 Å². The summed E-state index contributed by atoms with van der Waals surface area (Å²) in [5, 5.41) is 12.0. The minimum Gasteiger partial charge on any atom is -0.378 e. The Morgan fingerprint density at radius 2 is 1.04 bits per heavy atom. The van der Waals surface area contributed by atoms with Gasteiger partial charge in [0, 0.05) is 75.0 Å². The van der Waals surface area contributed by atoms with E-state index in [1.165, 1.54) is 52.3 Å². The number of ether oxygens (including phenoxy) is 2. The molecule has 7 rings (SSSR count). The average molecular weight is 1200 g/mol. The Kier molecular flexibility index (Phi) is 20.3. The van der Waals surface area contributed by atoms with E-state index in [1.54, 1.807) is 30.3 Å². The Morgan fingerprint density at radius 3 is 1.52 bits per heavy atom. The normalized spacial score (nSPS) is 15.5. The van der Waals surface area contributed by atoms with Crippen LogP contribution in [-0.2, 0) is 43.8 Å². The third-order valence-electron chi connectivity index (χ3n) is 12.0. The number of hydrogen-bond acceptors (Lipinski definition) is 8. The number of anilines is 3. The van der Waals surface area contributed by atoms with Gasteiger partial charge < -0.3 is 40.5 Å². The number of benzene rings is 5. The minimum absolute atomic E-state index is 0.00647. The number of hydrogen-bond donors (Lipinski definition) is 4. The summed E-state index contributed by atoms with van der Waals surface area (Å²) in [6, 6.07) is 21.8. The van der Waals surface area contributed by atoms with Crippen molar-refractivity contribution < 1.29 is 71.7 Å². The second-order valence-corrected chi connectivity index (χ2v) is 20.8. The number of carbonyl (C=O) groups excluding carboxylic acids is 2. The van der Waals surface area contributed by atoms with Gasteiger partial charge in [0.25, 0.3) is 0 Å². The van der Waals surface area contributed by atoms with E-state index in [1.807, 2.05) is 6.92 Å². The van der Waals surface area contributed by atoms with Crippen molar-refractivity contribution >= 4 is 99.2 Å². The topological polar surface area (TPSA) is 107 Å². The highest BCUT2D eigenvalue weighted by Gasteiger charge is 2.48. The summed E-state index contributed by atoms with van der Waals surface area (Å²) in [7, 11) is 0. The molecule has 426 valence electrons. The lowest BCUT2D eigenvalue weighted by Crippen LogP contribution is -2.41. The molecule has 0 saturated carbocycles. The third-order valence-corrected chi connectivity index (χ3v) is 14.6.